The van der Waals surface area contributed by atoms with E-state index in [4.69, 9.17) is 0 Å². The van der Waals surface area contributed by atoms with Crippen LogP contribution in [-0.4, -0.2) is 28.5 Å². The fourth-order valence-corrected chi connectivity index (χ4v) is 3.24. The van der Waals surface area contributed by atoms with Gasteiger partial charge in [0.05, 0.1) is 0 Å². The summed E-state index contributed by atoms with van der Waals surface area (Å²) in [7, 11) is 0. The lowest BCUT2D eigenvalue weighted by molar-refractivity contribution is 0.0754. The van der Waals surface area contributed by atoms with Gasteiger partial charge < -0.3 is 9.47 Å². The second kappa shape index (κ2) is 6.39. The Morgan fingerprint density at radius 3 is 2.62 bits per heavy atom. The van der Waals surface area contributed by atoms with Crippen LogP contribution in [0.2, 0.25) is 0 Å². The molecule has 1 aromatic rings. The van der Waals surface area contributed by atoms with Crippen molar-refractivity contribution in [2.24, 2.45) is 5.41 Å². The van der Waals surface area contributed by atoms with Gasteiger partial charge in [-0.1, -0.05) is 39.3 Å². The number of carbonyl (C=O) groups is 1. The number of aryl methyl sites for hydroxylation is 1. The van der Waals surface area contributed by atoms with Crippen LogP contribution in [0.15, 0.2) is 28.4 Å². The van der Waals surface area contributed by atoms with Crippen molar-refractivity contribution < 1.29 is 4.79 Å². The average Bonchev–Trinajstić information content (AvgIpc) is 2.78. The molecule has 0 radical (unpaired) electrons. The fraction of sp³-hybridized carbons (Fsp3) is 0.588. The quantitative estimate of drug-likeness (QED) is 0.736. The van der Waals surface area contributed by atoms with Gasteiger partial charge in [-0.2, -0.15) is 0 Å². The van der Waals surface area contributed by atoms with Gasteiger partial charge in [0.1, 0.15) is 5.69 Å². The fourth-order valence-electron chi connectivity index (χ4n) is 2.78. The van der Waals surface area contributed by atoms with Crippen LogP contribution in [0.3, 0.4) is 0 Å². The van der Waals surface area contributed by atoms with Crippen molar-refractivity contribution in [1.82, 2.24) is 9.47 Å². The highest BCUT2D eigenvalue weighted by Crippen LogP contribution is 2.30. The van der Waals surface area contributed by atoms with E-state index in [1.54, 1.807) is 0 Å². The second-order valence-corrected chi connectivity index (χ2v) is 7.63. The van der Waals surface area contributed by atoms with Gasteiger partial charge in [-0.15, -0.1) is 0 Å². The highest BCUT2D eigenvalue weighted by Gasteiger charge is 2.25. The van der Waals surface area contributed by atoms with E-state index in [0.717, 1.165) is 42.6 Å². The summed E-state index contributed by atoms with van der Waals surface area (Å²) in [6.07, 6.45) is 6.22. The monoisotopic (exact) mass is 352 g/mol. The van der Waals surface area contributed by atoms with Crippen LogP contribution < -0.4 is 0 Å². The van der Waals surface area contributed by atoms with E-state index in [0.29, 0.717) is 0 Å². The summed E-state index contributed by atoms with van der Waals surface area (Å²) in [6.45, 7) is 11.3. The summed E-state index contributed by atoms with van der Waals surface area (Å²) in [5.74, 6) is 0.137. The zero-order valence-corrected chi connectivity index (χ0v) is 15.0. The first-order valence-electron chi connectivity index (χ1n) is 7.67. The first kappa shape index (κ1) is 16.3. The minimum absolute atomic E-state index is 0.137. The van der Waals surface area contributed by atoms with Crippen molar-refractivity contribution in [1.29, 1.82) is 0 Å². The van der Waals surface area contributed by atoms with E-state index >= 15 is 0 Å². The third-order valence-corrected chi connectivity index (χ3v) is 4.44. The topological polar surface area (TPSA) is 25.2 Å². The smallest absolute Gasteiger partial charge is 0.270 e. The molecule has 0 saturated carbocycles. The maximum Gasteiger partial charge on any atom is 0.270 e. The number of hydrogen-bond donors (Lipinski definition) is 0. The standard InChI is InChI=1S/C17H25BrN2O/c1-5-8-20-12-14(18)11-15(20)16(21)19-9-6-13(7-10-19)17(2,3)4/h6,11-12H,5,7-10H2,1-4H3. The van der Waals surface area contributed by atoms with Crippen LogP contribution in [-0.2, 0) is 6.54 Å². The van der Waals surface area contributed by atoms with E-state index in [2.05, 4.69) is 54.3 Å². The molecule has 1 amide bonds. The number of amides is 1. The van der Waals surface area contributed by atoms with E-state index in [1.165, 1.54) is 5.57 Å². The number of halogens is 1. The van der Waals surface area contributed by atoms with Gasteiger partial charge in [-0.3, -0.25) is 4.79 Å². The summed E-state index contributed by atoms with van der Waals surface area (Å²) in [5.41, 5.74) is 2.45. The molecule has 1 aromatic heterocycles. The largest absolute Gasteiger partial charge is 0.342 e. The highest BCUT2D eigenvalue weighted by atomic mass is 79.9. The molecule has 0 saturated heterocycles. The van der Waals surface area contributed by atoms with Gasteiger partial charge in [0, 0.05) is 30.3 Å². The minimum atomic E-state index is 0.137. The predicted octanol–water partition coefficient (Wildman–Crippen LogP) is 4.48. The third-order valence-electron chi connectivity index (χ3n) is 4.01. The van der Waals surface area contributed by atoms with Crippen molar-refractivity contribution in [2.45, 2.75) is 47.1 Å². The first-order valence-corrected chi connectivity index (χ1v) is 8.46. The summed E-state index contributed by atoms with van der Waals surface area (Å²) < 4.78 is 3.03. The summed E-state index contributed by atoms with van der Waals surface area (Å²) in [6, 6.07) is 1.93. The van der Waals surface area contributed by atoms with E-state index in [-0.39, 0.29) is 11.3 Å². The van der Waals surface area contributed by atoms with Crippen LogP contribution >= 0.6 is 15.9 Å². The average molecular weight is 353 g/mol. The molecule has 0 aliphatic carbocycles. The molecule has 3 nitrogen and oxygen atoms in total. The molecule has 2 rings (SSSR count). The van der Waals surface area contributed by atoms with Crippen molar-refractivity contribution in [3.05, 3.63) is 34.1 Å². The zero-order valence-electron chi connectivity index (χ0n) is 13.4. The Morgan fingerprint density at radius 2 is 2.10 bits per heavy atom. The van der Waals surface area contributed by atoms with E-state index < -0.39 is 0 Å². The van der Waals surface area contributed by atoms with Gasteiger partial charge in [-0.25, -0.2) is 0 Å². The van der Waals surface area contributed by atoms with Crippen LogP contribution in [0.4, 0.5) is 0 Å². The SMILES string of the molecule is CCCn1cc(Br)cc1C(=O)N1CC=C(C(C)(C)C)CC1. The van der Waals surface area contributed by atoms with Crippen molar-refractivity contribution in [3.8, 4) is 0 Å². The summed E-state index contributed by atoms with van der Waals surface area (Å²) in [4.78, 5) is 14.7. The number of rotatable bonds is 3. The molecule has 0 atom stereocenters. The van der Waals surface area contributed by atoms with Crippen LogP contribution in [0.1, 0.15) is 51.0 Å². The van der Waals surface area contributed by atoms with E-state index in [1.807, 2.05) is 17.2 Å². The molecular formula is C17H25BrN2O. The molecule has 0 spiro atoms. The molecule has 2 heterocycles. The lowest BCUT2D eigenvalue weighted by Crippen LogP contribution is -2.37. The molecule has 4 heteroatoms. The number of hydrogen-bond acceptors (Lipinski definition) is 1. The minimum Gasteiger partial charge on any atom is -0.342 e. The normalized spacial score (nSPS) is 16.0. The maximum atomic E-state index is 12.7. The number of nitrogens with zero attached hydrogens (tertiary/aromatic N) is 2. The third kappa shape index (κ3) is 3.79. The Balaban J connectivity index is 2.14. The Kier molecular flexibility index (Phi) is 4.97. The molecule has 0 fully saturated rings. The Labute approximate surface area is 136 Å². The molecule has 1 aliphatic heterocycles. The zero-order chi connectivity index (χ0) is 15.6. The van der Waals surface area contributed by atoms with E-state index in [9.17, 15) is 4.79 Å². The van der Waals surface area contributed by atoms with Crippen LogP contribution in [0.25, 0.3) is 0 Å². The van der Waals surface area contributed by atoms with Gasteiger partial charge in [0.25, 0.3) is 5.91 Å². The number of aromatic nitrogens is 1. The molecule has 116 valence electrons. The number of carbonyl (C=O) groups excluding carboxylic acids is 1. The molecule has 21 heavy (non-hydrogen) atoms. The lowest BCUT2D eigenvalue weighted by atomic mass is 9.83. The summed E-state index contributed by atoms with van der Waals surface area (Å²) >= 11 is 3.48. The molecular weight excluding hydrogens is 328 g/mol. The second-order valence-electron chi connectivity index (χ2n) is 6.72. The van der Waals surface area contributed by atoms with Crippen molar-refractivity contribution in [2.75, 3.05) is 13.1 Å². The summed E-state index contributed by atoms with van der Waals surface area (Å²) in [5, 5.41) is 0. The molecule has 0 unspecified atom stereocenters. The van der Waals surface area contributed by atoms with Crippen molar-refractivity contribution in [3.63, 3.8) is 0 Å². The predicted molar refractivity (Wildman–Crippen MR) is 90.5 cm³/mol. The Bertz CT molecular complexity index is 552. The van der Waals surface area contributed by atoms with Gasteiger partial charge >= 0.3 is 0 Å². The van der Waals surface area contributed by atoms with Crippen LogP contribution in [0.5, 0.6) is 0 Å². The molecule has 1 aliphatic rings. The van der Waals surface area contributed by atoms with Gasteiger partial charge in [0.2, 0.25) is 0 Å². The Morgan fingerprint density at radius 1 is 1.38 bits per heavy atom. The van der Waals surface area contributed by atoms with Gasteiger partial charge in [0.15, 0.2) is 0 Å². The first-order chi connectivity index (χ1) is 9.82. The van der Waals surface area contributed by atoms with Gasteiger partial charge in [-0.05, 0) is 40.3 Å². The maximum absolute atomic E-state index is 12.7. The highest BCUT2D eigenvalue weighted by molar-refractivity contribution is 9.10. The Hall–Kier alpha value is -1.03. The lowest BCUT2D eigenvalue weighted by Gasteiger charge is -2.32. The van der Waals surface area contributed by atoms with Crippen molar-refractivity contribution >= 4 is 21.8 Å². The molecule has 0 N–H and O–H groups in total. The van der Waals surface area contributed by atoms with Crippen LogP contribution in [0, 0.1) is 5.41 Å². The molecule has 0 aromatic carbocycles. The molecule has 0 bridgehead atoms.